The number of para-hydroxylation sites is 1. The molecule has 8 nitrogen and oxygen atoms in total. The van der Waals surface area contributed by atoms with Crippen molar-refractivity contribution in [2.24, 2.45) is 0 Å². The van der Waals surface area contributed by atoms with Crippen molar-refractivity contribution in [2.45, 2.75) is 18.6 Å². The van der Waals surface area contributed by atoms with Crippen molar-refractivity contribution in [1.82, 2.24) is 10.2 Å². The maximum Gasteiger partial charge on any atom is 0.325 e. The molecule has 2 unspecified atom stereocenters. The first-order chi connectivity index (χ1) is 15.9. The Labute approximate surface area is 202 Å². The molecule has 0 saturated carbocycles. The molecule has 2 atom stereocenters. The molecule has 1 saturated heterocycles. The molecule has 33 heavy (non-hydrogen) atoms. The molecule has 0 spiro atoms. The summed E-state index contributed by atoms with van der Waals surface area (Å²) in [6.45, 7) is 1.60. The third-order valence-electron chi connectivity index (χ3n) is 5.08. The minimum absolute atomic E-state index is 0.0100. The third kappa shape index (κ3) is 7.50. The number of β-amino-alcohol motifs (C(OH)–C–C–N with tert-alkyl or cyclic N) is 1. The average molecular weight is 497 g/mol. The van der Waals surface area contributed by atoms with E-state index in [0.29, 0.717) is 34.6 Å². The number of carbonyl (C=O) groups is 2. The fourth-order valence-electron chi connectivity index (χ4n) is 3.44. The Bertz CT molecular complexity index is 974. The van der Waals surface area contributed by atoms with Crippen LogP contribution in [-0.4, -0.2) is 74.0 Å². The van der Waals surface area contributed by atoms with Crippen molar-refractivity contribution >= 4 is 35.1 Å². The van der Waals surface area contributed by atoms with Crippen LogP contribution in [0.2, 0.25) is 10.0 Å². The van der Waals surface area contributed by atoms with Crippen LogP contribution in [-0.2, 0) is 9.53 Å². The number of nitrogens with zero attached hydrogens (tertiary/aromatic N) is 1. The van der Waals surface area contributed by atoms with Crippen molar-refractivity contribution in [3.05, 3.63) is 58.1 Å². The molecule has 1 amide bonds. The second kappa shape index (κ2) is 12.1. The number of aliphatic hydroxyl groups is 1. The van der Waals surface area contributed by atoms with Crippen molar-refractivity contribution in [1.29, 1.82) is 0 Å². The zero-order valence-corrected chi connectivity index (χ0v) is 19.6. The topological polar surface area (TPSA) is 97.3 Å². The average Bonchev–Trinajstić information content (AvgIpc) is 3.24. The largest absolute Gasteiger partial charge is 0.490 e. The number of hydrogen-bond acceptors (Lipinski definition) is 7. The molecule has 1 aliphatic rings. The molecular formula is C23H26Cl2N2O6. The molecular weight excluding hydrogens is 471 g/mol. The van der Waals surface area contributed by atoms with Gasteiger partial charge in [-0.2, -0.15) is 0 Å². The van der Waals surface area contributed by atoms with Gasteiger partial charge in [0.25, 0.3) is 5.91 Å². The minimum atomic E-state index is -0.764. The Morgan fingerprint density at radius 2 is 2.00 bits per heavy atom. The van der Waals surface area contributed by atoms with Crippen LogP contribution < -0.4 is 14.8 Å². The molecule has 0 aliphatic carbocycles. The Morgan fingerprint density at radius 3 is 2.76 bits per heavy atom. The Kier molecular flexibility index (Phi) is 9.20. The van der Waals surface area contributed by atoms with E-state index in [0.717, 1.165) is 13.0 Å². The van der Waals surface area contributed by atoms with Gasteiger partial charge in [0.05, 0.1) is 22.7 Å². The lowest BCUT2D eigenvalue weighted by Crippen LogP contribution is -2.35. The van der Waals surface area contributed by atoms with Gasteiger partial charge in [-0.05, 0) is 30.7 Å². The van der Waals surface area contributed by atoms with E-state index in [1.807, 2.05) is 0 Å². The van der Waals surface area contributed by atoms with E-state index in [-0.39, 0.29) is 24.8 Å². The van der Waals surface area contributed by atoms with Crippen LogP contribution >= 0.6 is 23.2 Å². The highest BCUT2D eigenvalue weighted by Crippen LogP contribution is 2.28. The predicted molar refractivity (Wildman–Crippen MR) is 124 cm³/mol. The molecule has 1 heterocycles. The monoisotopic (exact) mass is 496 g/mol. The SMILES string of the molecule is COC(=O)CNC(=O)c1ccccc1OCC(O)CN1CCC(Oc2ccc(Cl)c(Cl)c2)C1. The number of esters is 1. The van der Waals surface area contributed by atoms with Gasteiger partial charge in [0.15, 0.2) is 0 Å². The van der Waals surface area contributed by atoms with Crippen molar-refractivity contribution in [3.8, 4) is 11.5 Å². The van der Waals surface area contributed by atoms with Gasteiger partial charge >= 0.3 is 5.97 Å². The number of methoxy groups -OCH3 is 1. The fraction of sp³-hybridized carbons (Fsp3) is 0.391. The maximum atomic E-state index is 12.3. The maximum absolute atomic E-state index is 12.3. The first-order valence-electron chi connectivity index (χ1n) is 10.4. The lowest BCUT2D eigenvalue weighted by atomic mass is 10.2. The lowest BCUT2D eigenvalue weighted by Gasteiger charge is -2.21. The number of nitrogens with one attached hydrogen (secondary N) is 1. The van der Waals surface area contributed by atoms with Gasteiger partial charge in [0.2, 0.25) is 0 Å². The van der Waals surface area contributed by atoms with E-state index in [4.69, 9.17) is 32.7 Å². The molecule has 0 aromatic heterocycles. The van der Waals surface area contributed by atoms with Gasteiger partial charge in [-0.1, -0.05) is 35.3 Å². The first kappa shape index (κ1) is 25.1. The zero-order chi connectivity index (χ0) is 23.8. The Hall–Kier alpha value is -2.52. The Balaban J connectivity index is 1.46. The van der Waals surface area contributed by atoms with Crippen molar-refractivity contribution in [2.75, 3.05) is 39.9 Å². The van der Waals surface area contributed by atoms with Crippen LogP contribution in [0.25, 0.3) is 0 Å². The standard InChI is InChI=1S/C23H26Cl2N2O6/c1-31-22(29)11-26-23(30)18-4-2-3-5-21(18)32-14-15(28)12-27-9-8-17(13-27)33-16-6-7-19(24)20(25)10-16/h2-7,10,15,17,28H,8-9,11-14H2,1H3,(H,26,30). The summed E-state index contributed by atoms with van der Waals surface area (Å²) in [7, 11) is 1.24. The zero-order valence-electron chi connectivity index (χ0n) is 18.1. The predicted octanol–water partition coefficient (Wildman–Crippen LogP) is 2.79. The lowest BCUT2D eigenvalue weighted by molar-refractivity contribution is -0.139. The van der Waals surface area contributed by atoms with Gasteiger partial charge in [0, 0.05) is 25.7 Å². The molecule has 10 heteroatoms. The van der Waals surface area contributed by atoms with E-state index < -0.39 is 18.0 Å². The Morgan fingerprint density at radius 1 is 1.21 bits per heavy atom. The molecule has 1 fully saturated rings. The van der Waals surface area contributed by atoms with Gasteiger partial charge in [0.1, 0.15) is 36.9 Å². The first-order valence-corrected chi connectivity index (χ1v) is 11.2. The number of ether oxygens (including phenoxy) is 3. The summed E-state index contributed by atoms with van der Waals surface area (Å²) < 4.78 is 16.2. The summed E-state index contributed by atoms with van der Waals surface area (Å²) >= 11 is 12.0. The smallest absolute Gasteiger partial charge is 0.325 e. The molecule has 1 aliphatic heterocycles. The highest BCUT2D eigenvalue weighted by Gasteiger charge is 2.26. The van der Waals surface area contributed by atoms with Gasteiger partial charge < -0.3 is 24.6 Å². The van der Waals surface area contributed by atoms with Gasteiger partial charge in [-0.3, -0.25) is 14.5 Å². The second-order valence-electron chi connectivity index (χ2n) is 7.58. The van der Waals surface area contributed by atoms with E-state index in [1.165, 1.54) is 7.11 Å². The highest BCUT2D eigenvalue weighted by molar-refractivity contribution is 6.42. The van der Waals surface area contributed by atoms with E-state index in [2.05, 4.69) is 15.0 Å². The van der Waals surface area contributed by atoms with Crippen LogP contribution in [0.15, 0.2) is 42.5 Å². The summed E-state index contributed by atoms with van der Waals surface area (Å²) in [5.74, 6) is -0.0417. The summed E-state index contributed by atoms with van der Waals surface area (Å²) in [5, 5.41) is 13.8. The second-order valence-corrected chi connectivity index (χ2v) is 8.40. The number of halogens is 2. The highest BCUT2D eigenvalue weighted by atomic mass is 35.5. The number of amides is 1. The molecule has 2 aromatic carbocycles. The number of hydrogen-bond donors (Lipinski definition) is 2. The third-order valence-corrected chi connectivity index (χ3v) is 5.81. The summed E-state index contributed by atoms with van der Waals surface area (Å²) in [6, 6.07) is 11.8. The number of likely N-dealkylation sites (tertiary alicyclic amines) is 1. The van der Waals surface area contributed by atoms with Crippen LogP contribution in [0.5, 0.6) is 11.5 Å². The van der Waals surface area contributed by atoms with E-state index in [1.54, 1.807) is 42.5 Å². The van der Waals surface area contributed by atoms with Crippen LogP contribution in [0.3, 0.4) is 0 Å². The molecule has 2 N–H and O–H groups in total. The molecule has 0 bridgehead atoms. The summed E-state index contributed by atoms with van der Waals surface area (Å²) in [4.78, 5) is 25.7. The summed E-state index contributed by atoms with van der Waals surface area (Å²) in [6.07, 6.45) is 0.0336. The van der Waals surface area contributed by atoms with Crippen LogP contribution in [0.1, 0.15) is 16.8 Å². The molecule has 0 radical (unpaired) electrons. The number of aliphatic hydroxyl groups excluding tert-OH is 1. The fourth-order valence-corrected chi connectivity index (χ4v) is 3.73. The van der Waals surface area contributed by atoms with Gasteiger partial charge in [-0.25, -0.2) is 0 Å². The molecule has 3 rings (SSSR count). The van der Waals surface area contributed by atoms with Crippen molar-refractivity contribution in [3.63, 3.8) is 0 Å². The number of carbonyl (C=O) groups excluding carboxylic acids is 2. The molecule has 2 aromatic rings. The van der Waals surface area contributed by atoms with E-state index >= 15 is 0 Å². The number of rotatable bonds is 10. The van der Waals surface area contributed by atoms with Crippen molar-refractivity contribution < 1.29 is 28.9 Å². The van der Waals surface area contributed by atoms with E-state index in [9.17, 15) is 14.7 Å². The van der Waals surface area contributed by atoms with Gasteiger partial charge in [-0.15, -0.1) is 0 Å². The van der Waals surface area contributed by atoms with Crippen LogP contribution in [0.4, 0.5) is 0 Å². The molecule has 178 valence electrons. The number of benzene rings is 2. The summed E-state index contributed by atoms with van der Waals surface area (Å²) in [5.41, 5.74) is 0.268. The minimum Gasteiger partial charge on any atom is -0.490 e. The normalized spacial score (nSPS) is 16.8. The van der Waals surface area contributed by atoms with Crippen LogP contribution in [0, 0.1) is 0 Å². The quantitative estimate of drug-likeness (QED) is 0.488.